The number of carbonyl (C=O) groups is 2. The lowest BCUT2D eigenvalue weighted by Crippen LogP contribution is -2.48. The summed E-state index contributed by atoms with van der Waals surface area (Å²) in [7, 11) is 0. The average Bonchev–Trinajstić information content (AvgIpc) is 3.65. The Morgan fingerprint density at radius 1 is 1.10 bits per heavy atom. The number of nitrogens with zero attached hydrogens (tertiary/aromatic N) is 7. The minimum Gasteiger partial charge on any atom is -0.475 e. The van der Waals surface area contributed by atoms with Gasteiger partial charge in [-0.15, -0.1) is 16.4 Å². The number of hydrogen-bond donors (Lipinski definition) is 2. The van der Waals surface area contributed by atoms with Gasteiger partial charge in [0.1, 0.15) is 5.82 Å². The third kappa shape index (κ3) is 8.43. The Labute approximate surface area is 245 Å². The molecule has 17 heteroatoms. The lowest BCUT2D eigenvalue weighted by atomic mass is 10.1. The van der Waals surface area contributed by atoms with Gasteiger partial charge in [0.2, 0.25) is 0 Å². The Balaban J connectivity index is 0.000000517. The number of nitrogens with one attached hydrogen (secondary N) is 1. The van der Waals surface area contributed by atoms with E-state index in [9.17, 15) is 22.4 Å². The number of carbonyl (C=O) groups excluding carboxylic acids is 1. The van der Waals surface area contributed by atoms with Gasteiger partial charge in [0.25, 0.3) is 5.91 Å². The van der Waals surface area contributed by atoms with Crippen molar-refractivity contribution in [3.05, 3.63) is 82.0 Å². The van der Waals surface area contributed by atoms with Crippen LogP contribution in [0.2, 0.25) is 5.02 Å². The Bertz CT molecular complexity index is 1440. The van der Waals surface area contributed by atoms with Crippen LogP contribution < -0.4 is 5.32 Å². The molecule has 0 radical (unpaired) electrons. The molecular formula is C25H23ClF4N8O3S. The van der Waals surface area contributed by atoms with Crippen LogP contribution in [0, 0.1) is 5.82 Å². The maximum absolute atomic E-state index is 14.3. The van der Waals surface area contributed by atoms with Crippen molar-refractivity contribution in [3.63, 3.8) is 0 Å². The number of benzene rings is 1. The summed E-state index contributed by atoms with van der Waals surface area (Å²) in [5.41, 5.74) is 1.93. The normalized spacial score (nSPS) is 13.8. The number of thiazole rings is 1. The molecule has 222 valence electrons. The van der Waals surface area contributed by atoms with Crippen molar-refractivity contribution in [2.24, 2.45) is 0 Å². The Morgan fingerprint density at radius 3 is 2.45 bits per heavy atom. The summed E-state index contributed by atoms with van der Waals surface area (Å²) in [5, 5.41) is 20.9. The Kier molecular flexibility index (Phi) is 10.0. The van der Waals surface area contributed by atoms with E-state index in [0.717, 1.165) is 16.4 Å². The highest BCUT2D eigenvalue weighted by atomic mass is 35.5. The minimum atomic E-state index is -5.08. The molecule has 1 aromatic carbocycles. The predicted molar refractivity (Wildman–Crippen MR) is 145 cm³/mol. The summed E-state index contributed by atoms with van der Waals surface area (Å²) in [6.07, 6.45) is 0.114. The van der Waals surface area contributed by atoms with Crippen LogP contribution in [0.5, 0.6) is 0 Å². The van der Waals surface area contributed by atoms with E-state index in [1.807, 2.05) is 23.7 Å². The Hall–Kier alpha value is -4.15. The zero-order chi connectivity index (χ0) is 30.3. The first-order valence-electron chi connectivity index (χ1n) is 12.3. The van der Waals surface area contributed by atoms with Gasteiger partial charge in [-0.05, 0) is 29.8 Å². The summed E-state index contributed by atoms with van der Waals surface area (Å²) in [6.45, 7) is 3.47. The number of amides is 1. The monoisotopic (exact) mass is 626 g/mol. The van der Waals surface area contributed by atoms with Crippen LogP contribution in [0.15, 0.2) is 54.3 Å². The Morgan fingerprint density at radius 2 is 1.83 bits per heavy atom. The van der Waals surface area contributed by atoms with E-state index in [0.29, 0.717) is 45.1 Å². The number of anilines is 2. The zero-order valence-corrected chi connectivity index (χ0v) is 23.2. The van der Waals surface area contributed by atoms with Gasteiger partial charge < -0.3 is 15.3 Å². The van der Waals surface area contributed by atoms with Gasteiger partial charge in [-0.3, -0.25) is 9.69 Å². The molecule has 0 bridgehead atoms. The fourth-order valence-electron chi connectivity index (χ4n) is 3.96. The molecule has 1 amide bonds. The number of piperazine rings is 1. The molecule has 0 spiro atoms. The van der Waals surface area contributed by atoms with Gasteiger partial charge in [0.05, 0.1) is 29.0 Å². The molecule has 0 unspecified atom stereocenters. The van der Waals surface area contributed by atoms with Crippen molar-refractivity contribution in [2.45, 2.75) is 19.3 Å². The lowest BCUT2D eigenvalue weighted by Gasteiger charge is -2.34. The minimum absolute atomic E-state index is 0.00586. The molecule has 3 aromatic heterocycles. The maximum atomic E-state index is 14.3. The van der Waals surface area contributed by atoms with E-state index < -0.39 is 18.0 Å². The molecule has 1 saturated heterocycles. The van der Waals surface area contributed by atoms with Crippen molar-refractivity contribution in [1.29, 1.82) is 0 Å². The smallest absolute Gasteiger partial charge is 0.475 e. The van der Waals surface area contributed by atoms with Crippen LogP contribution in [0.3, 0.4) is 0 Å². The molecule has 1 aliphatic rings. The quantitative estimate of drug-likeness (QED) is 0.288. The van der Waals surface area contributed by atoms with Gasteiger partial charge >= 0.3 is 12.1 Å². The molecule has 11 nitrogen and oxygen atoms in total. The molecule has 1 fully saturated rings. The number of aromatic nitrogens is 5. The first-order chi connectivity index (χ1) is 20.0. The van der Waals surface area contributed by atoms with E-state index >= 15 is 0 Å². The molecule has 5 rings (SSSR count). The number of carboxylic acids is 1. The third-order valence-corrected chi connectivity index (χ3v) is 6.87. The van der Waals surface area contributed by atoms with E-state index in [-0.39, 0.29) is 16.5 Å². The highest BCUT2D eigenvalue weighted by molar-refractivity contribution is 7.13. The fourth-order valence-corrected chi connectivity index (χ4v) is 4.67. The summed E-state index contributed by atoms with van der Waals surface area (Å²) in [6, 6.07) is 8.52. The van der Waals surface area contributed by atoms with Crippen molar-refractivity contribution < 1.29 is 32.3 Å². The lowest BCUT2D eigenvalue weighted by molar-refractivity contribution is -0.192. The van der Waals surface area contributed by atoms with E-state index in [2.05, 4.69) is 25.5 Å². The van der Waals surface area contributed by atoms with Gasteiger partial charge in [-0.2, -0.15) is 13.2 Å². The van der Waals surface area contributed by atoms with Crippen LogP contribution in [0.1, 0.15) is 21.6 Å². The number of halogens is 5. The third-order valence-electron chi connectivity index (χ3n) is 5.89. The molecule has 0 atom stereocenters. The first kappa shape index (κ1) is 30.8. The number of pyridine rings is 1. The van der Waals surface area contributed by atoms with Crippen molar-refractivity contribution in [2.75, 3.05) is 31.5 Å². The molecule has 0 aliphatic carbocycles. The standard InChI is InChI=1S/C23H22ClFN8OS.C2HF3O2/c24-19-3-1-2-18(21(19)25)22(34)32-9-7-31(8-10-32)15-17-12-16(14-33-6-4-27-30-33)13-20(28-17)29-23-26-5-11-35-23;3-2(4,5)1(6)7/h1-6,11-13H,7-10,14-15H2,(H,26,28,29);(H,6,7). The van der Waals surface area contributed by atoms with Gasteiger partial charge in [-0.1, -0.05) is 22.9 Å². The van der Waals surface area contributed by atoms with Gasteiger partial charge in [-0.25, -0.2) is 23.8 Å². The van der Waals surface area contributed by atoms with Crippen molar-refractivity contribution in [1.82, 2.24) is 34.8 Å². The van der Waals surface area contributed by atoms with Crippen LogP contribution in [-0.4, -0.2) is 84.1 Å². The first-order valence-corrected chi connectivity index (χ1v) is 13.5. The van der Waals surface area contributed by atoms with Gasteiger partial charge in [0.15, 0.2) is 10.9 Å². The summed E-state index contributed by atoms with van der Waals surface area (Å²) < 4.78 is 47.8. The maximum Gasteiger partial charge on any atom is 0.490 e. The predicted octanol–water partition coefficient (Wildman–Crippen LogP) is 4.31. The highest BCUT2D eigenvalue weighted by Crippen LogP contribution is 2.22. The number of rotatable bonds is 7. The summed E-state index contributed by atoms with van der Waals surface area (Å²) in [4.78, 5) is 34.6. The van der Waals surface area contributed by atoms with E-state index in [1.165, 1.54) is 23.5 Å². The molecular weight excluding hydrogens is 604 g/mol. The molecule has 2 N–H and O–H groups in total. The largest absolute Gasteiger partial charge is 0.490 e. The summed E-state index contributed by atoms with van der Waals surface area (Å²) in [5.74, 6) is -3.06. The van der Waals surface area contributed by atoms with Crippen molar-refractivity contribution >= 4 is 45.8 Å². The molecule has 0 saturated carbocycles. The molecule has 4 heterocycles. The second-order valence-electron chi connectivity index (χ2n) is 8.89. The number of alkyl halides is 3. The number of carboxylic acid groups (broad SMARTS) is 1. The van der Waals surface area contributed by atoms with Crippen LogP contribution in [0.4, 0.5) is 28.5 Å². The number of aliphatic carboxylic acids is 1. The molecule has 42 heavy (non-hydrogen) atoms. The fraction of sp³-hybridized carbons (Fsp3) is 0.280. The highest BCUT2D eigenvalue weighted by Gasteiger charge is 2.38. The SMILES string of the molecule is O=C(O)C(F)(F)F.O=C(c1cccc(Cl)c1F)N1CCN(Cc2cc(Cn3ccnn3)cc(Nc3nccs3)n2)CC1. The van der Waals surface area contributed by atoms with Gasteiger partial charge in [0, 0.05) is 50.5 Å². The van der Waals surface area contributed by atoms with Crippen molar-refractivity contribution in [3.8, 4) is 0 Å². The van der Waals surface area contributed by atoms with E-state index in [1.54, 1.807) is 28.0 Å². The summed E-state index contributed by atoms with van der Waals surface area (Å²) >= 11 is 7.35. The second-order valence-corrected chi connectivity index (χ2v) is 10.2. The molecule has 4 aromatic rings. The number of hydrogen-bond acceptors (Lipinski definition) is 9. The second kappa shape index (κ2) is 13.7. The molecule has 1 aliphatic heterocycles. The van der Waals surface area contributed by atoms with E-state index in [4.69, 9.17) is 26.5 Å². The average molecular weight is 627 g/mol. The zero-order valence-electron chi connectivity index (χ0n) is 21.6. The van der Waals surface area contributed by atoms with Crippen LogP contribution >= 0.6 is 22.9 Å². The topological polar surface area (TPSA) is 129 Å². The van der Waals surface area contributed by atoms with Crippen LogP contribution in [0.25, 0.3) is 0 Å². The van der Waals surface area contributed by atoms with Crippen LogP contribution in [-0.2, 0) is 17.9 Å².